The number of rotatable bonds is 5. The van der Waals surface area contributed by atoms with Crippen molar-refractivity contribution in [3.05, 3.63) is 28.8 Å². The Morgan fingerprint density at radius 2 is 2.28 bits per heavy atom. The van der Waals surface area contributed by atoms with Gasteiger partial charge in [-0.3, -0.25) is 4.79 Å². The summed E-state index contributed by atoms with van der Waals surface area (Å²) in [5.41, 5.74) is 0.0708. The lowest BCUT2D eigenvalue weighted by Gasteiger charge is -2.26. The van der Waals surface area contributed by atoms with Gasteiger partial charge < -0.3 is 9.64 Å². The summed E-state index contributed by atoms with van der Waals surface area (Å²) < 4.78 is 18.1. The standard InChI is InChI=1S/C12H16ClFN2O2/c1-8(2)16(4-5-18-3)12(17)10-6-9(14)7-15-11(10)13/h6-8H,4-5H2,1-3H3. The molecule has 0 bridgehead atoms. The Labute approximate surface area is 111 Å². The van der Waals surface area contributed by atoms with Gasteiger partial charge in [-0.1, -0.05) is 11.6 Å². The van der Waals surface area contributed by atoms with Crippen molar-refractivity contribution >= 4 is 17.5 Å². The highest BCUT2D eigenvalue weighted by Crippen LogP contribution is 2.17. The Balaban J connectivity index is 2.98. The predicted octanol–water partition coefficient (Wildman–Crippen LogP) is 2.37. The molecule has 0 aliphatic rings. The number of carbonyl (C=O) groups excluding carboxylic acids is 1. The van der Waals surface area contributed by atoms with Crippen LogP contribution in [-0.2, 0) is 4.74 Å². The number of halogens is 2. The molecule has 100 valence electrons. The molecular weight excluding hydrogens is 259 g/mol. The van der Waals surface area contributed by atoms with Crippen LogP contribution < -0.4 is 0 Å². The summed E-state index contributed by atoms with van der Waals surface area (Å²) in [5.74, 6) is -0.933. The number of ether oxygens (including phenoxy) is 1. The van der Waals surface area contributed by atoms with E-state index in [0.717, 1.165) is 12.3 Å². The number of amides is 1. The quantitative estimate of drug-likeness (QED) is 0.774. The summed E-state index contributed by atoms with van der Waals surface area (Å²) in [5, 5.41) is 0.00414. The third-order valence-electron chi connectivity index (χ3n) is 2.46. The molecule has 0 radical (unpaired) electrons. The highest BCUT2D eigenvalue weighted by Gasteiger charge is 2.21. The minimum atomic E-state index is -0.585. The Kier molecular flexibility index (Phi) is 5.50. The molecule has 0 aliphatic heterocycles. The topological polar surface area (TPSA) is 42.4 Å². The number of carbonyl (C=O) groups is 1. The average Bonchev–Trinajstić information content (AvgIpc) is 2.32. The smallest absolute Gasteiger partial charge is 0.257 e. The number of nitrogens with zero attached hydrogens (tertiary/aromatic N) is 2. The maximum atomic E-state index is 13.1. The molecule has 6 heteroatoms. The number of pyridine rings is 1. The van der Waals surface area contributed by atoms with Gasteiger partial charge in [0.05, 0.1) is 18.4 Å². The average molecular weight is 275 g/mol. The van der Waals surface area contributed by atoms with Crippen LogP contribution >= 0.6 is 11.6 Å². The minimum absolute atomic E-state index is 0.00414. The first-order chi connectivity index (χ1) is 8.47. The van der Waals surface area contributed by atoms with Crippen LogP contribution in [0.4, 0.5) is 4.39 Å². The SMILES string of the molecule is COCCN(C(=O)c1cc(F)cnc1Cl)C(C)C. The second kappa shape index (κ2) is 6.66. The van der Waals surface area contributed by atoms with Crippen LogP contribution in [0.1, 0.15) is 24.2 Å². The molecule has 18 heavy (non-hydrogen) atoms. The van der Waals surface area contributed by atoms with Gasteiger partial charge in [0.1, 0.15) is 11.0 Å². The summed E-state index contributed by atoms with van der Waals surface area (Å²) in [4.78, 5) is 17.4. The van der Waals surface area contributed by atoms with Crippen molar-refractivity contribution in [2.45, 2.75) is 19.9 Å². The van der Waals surface area contributed by atoms with E-state index in [2.05, 4.69) is 4.98 Å². The molecule has 0 N–H and O–H groups in total. The van der Waals surface area contributed by atoms with E-state index in [9.17, 15) is 9.18 Å². The van der Waals surface area contributed by atoms with Gasteiger partial charge in [0.2, 0.25) is 0 Å². The first kappa shape index (κ1) is 14.9. The van der Waals surface area contributed by atoms with Crippen molar-refractivity contribution in [2.75, 3.05) is 20.3 Å². The van der Waals surface area contributed by atoms with Crippen LogP contribution in [0.2, 0.25) is 5.15 Å². The number of aromatic nitrogens is 1. The first-order valence-corrected chi connectivity index (χ1v) is 5.96. The molecule has 0 aromatic carbocycles. The molecule has 0 atom stereocenters. The summed E-state index contributed by atoms with van der Waals surface area (Å²) >= 11 is 5.82. The summed E-state index contributed by atoms with van der Waals surface area (Å²) in [6, 6.07) is 1.06. The van der Waals surface area contributed by atoms with E-state index in [4.69, 9.17) is 16.3 Å². The lowest BCUT2D eigenvalue weighted by Crippen LogP contribution is -2.39. The second-order valence-corrected chi connectivity index (χ2v) is 4.44. The molecule has 4 nitrogen and oxygen atoms in total. The van der Waals surface area contributed by atoms with E-state index < -0.39 is 5.82 Å². The number of hydrogen-bond acceptors (Lipinski definition) is 3. The van der Waals surface area contributed by atoms with Gasteiger partial charge in [-0.05, 0) is 19.9 Å². The van der Waals surface area contributed by atoms with E-state index >= 15 is 0 Å². The highest BCUT2D eigenvalue weighted by atomic mass is 35.5. The van der Waals surface area contributed by atoms with Gasteiger partial charge in [-0.2, -0.15) is 0 Å². The van der Waals surface area contributed by atoms with Crippen LogP contribution in [-0.4, -0.2) is 42.1 Å². The number of hydrogen-bond donors (Lipinski definition) is 0. The van der Waals surface area contributed by atoms with Crippen LogP contribution in [0.5, 0.6) is 0 Å². The van der Waals surface area contributed by atoms with Gasteiger partial charge >= 0.3 is 0 Å². The lowest BCUT2D eigenvalue weighted by molar-refractivity contribution is 0.0634. The molecule has 0 fully saturated rings. The van der Waals surface area contributed by atoms with Crippen LogP contribution in [0, 0.1) is 5.82 Å². The third kappa shape index (κ3) is 3.65. The Morgan fingerprint density at radius 3 is 2.83 bits per heavy atom. The molecule has 1 aromatic heterocycles. The van der Waals surface area contributed by atoms with Crippen molar-refractivity contribution in [1.82, 2.24) is 9.88 Å². The maximum absolute atomic E-state index is 13.1. The van der Waals surface area contributed by atoms with Crippen molar-refractivity contribution in [3.8, 4) is 0 Å². The highest BCUT2D eigenvalue weighted by molar-refractivity contribution is 6.32. The van der Waals surface area contributed by atoms with Gasteiger partial charge in [0.15, 0.2) is 0 Å². The predicted molar refractivity (Wildman–Crippen MR) is 67.3 cm³/mol. The van der Waals surface area contributed by atoms with Crippen molar-refractivity contribution < 1.29 is 13.9 Å². The fourth-order valence-electron chi connectivity index (χ4n) is 1.51. The van der Waals surface area contributed by atoms with Crippen LogP contribution in [0.15, 0.2) is 12.3 Å². The Hall–Kier alpha value is -1.20. The first-order valence-electron chi connectivity index (χ1n) is 5.58. The van der Waals surface area contributed by atoms with Gasteiger partial charge in [-0.15, -0.1) is 0 Å². The van der Waals surface area contributed by atoms with Crippen LogP contribution in [0.25, 0.3) is 0 Å². The molecule has 1 amide bonds. The molecule has 0 unspecified atom stereocenters. The maximum Gasteiger partial charge on any atom is 0.257 e. The fraction of sp³-hybridized carbons (Fsp3) is 0.500. The molecule has 0 aliphatic carbocycles. The molecule has 1 rings (SSSR count). The number of methoxy groups -OCH3 is 1. The zero-order chi connectivity index (χ0) is 13.7. The van der Waals surface area contributed by atoms with E-state index in [-0.39, 0.29) is 22.7 Å². The zero-order valence-corrected chi connectivity index (χ0v) is 11.4. The van der Waals surface area contributed by atoms with E-state index in [1.54, 1.807) is 12.0 Å². The largest absolute Gasteiger partial charge is 0.383 e. The van der Waals surface area contributed by atoms with E-state index in [1.807, 2.05) is 13.8 Å². The lowest BCUT2D eigenvalue weighted by atomic mass is 10.2. The van der Waals surface area contributed by atoms with Crippen molar-refractivity contribution in [2.24, 2.45) is 0 Å². The summed E-state index contributed by atoms with van der Waals surface area (Å²) in [6.07, 6.45) is 0.980. The third-order valence-corrected chi connectivity index (χ3v) is 2.76. The Morgan fingerprint density at radius 1 is 1.61 bits per heavy atom. The van der Waals surface area contributed by atoms with Crippen molar-refractivity contribution in [1.29, 1.82) is 0 Å². The summed E-state index contributed by atoms with van der Waals surface area (Å²) in [6.45, 7) is 4.56. The van der Waals surface area contributed by atoms with E-state index in [1.165, 1.54) is 0 Å². The molecule has 1 aromatic rings. The molecule has 0 saturated heterocycles. The summed E-state index contributed by atoms with van der Waals surface area (Å²) in [7, 11) is 1.56. The second-order valence-electron chi connectivity index (χ2n) is 4.08. The molecular formula is C12H16ClFN2O2. The van der Waals surface area contributed by atoms with E-state index in [0.29, 0.717) is 13.2 Å². The minimum Gasteiger partial charge on any atom is -0.383 e. The molecule has 0 spiro atoms. The normalized spacial score (nSPS) is 10.8. The fourth-order valence-corrected chi connectivity index (χ4v) is 1.70. The molecule has 1 heterocycles. The zero-order valence-electron chi connectivity index (χ0n) is 10.6. The Bertz CT molecular complexity index is 427. The molecule has 0 saturated carbocycles. The van der Waals surface area contributed by atoms with Gasteiger partial charge in [0.25, 0.3) is 5.91 Å². The monoisotopic (exact) mass is 274 g/mol. The van der Waals surface area contributed by atoms with Crippen molar-refractivity contribution in [3.63, 3.8) is 0 Å². The van der Waals surface area contributed by atoms with Gasteiger partial charge in [-0.25, -0.2) is 9.37 Å². The van der Waals surface area contributed by atoms with Crippen LogP contribution in [0.3, 0.4) is 0 Å². The van der Waals surface area contributed by atoms with Gasteiger partial charge in [0, 0.05) is 19.7 Å².